The Kier molecular flexibility index (Phi) is 14.4. The van der Waals surface area contributed by atoms with Crippen LogP contribution < -0.4 is 5.73 Å². The van der Waals surface area contributed by atoms with E-state index in [0.29, 0.717) is 19.4 Å². The summed E-state index contributed by atoms with van der Waals surface area (Å²) < 4.78 is 0. The number of Topliss-reactive ketones (excluding diaryl/α,β-unsaturated/α-hetero) is 1. The predicted octanol–water partition coefficient (Wildman–Crippen LogP) is 4.31. The molecule has 0 aromatic rings. The summed E-state index contributed by atoms with van der Waals surface area (Å²) in [6.45, 7) is 2.77. The third-order valence-electron chi connectivity index (χ3n) is 4.16. The molecule has 1 unspecified atom stereocenters. The maximum Gasteiger partial charge on any atom is 0.314 e. The van der Waals surface area contributed by atoms with Gasteiger partial charge in [0.25, 0.3) is 0 Å². The highest BCUT2D eigenvalue weighted by atomic mass is 16.4. The fraction of sp³-hybridized carbons (Fsp3) is 0.889. The van der Waals surface area contributed by atoms with Gasteiger partial charge >= 0.3 is 5.97 Å². The minimum absolute atomic E-state index is 0.104. The van der Waals surface area contributed by atoms with Crippen molar-refractivity contribution in [3.8, 4) is 0 Å². The molecule has 3 N–H and O–H groups in total. The lowest BCUT2D eigenvalue weighted by Gasteiger charge is -2.10. The Morgan fingerprint density at radius 1 is 0.864 bits per heavy atom. The quantitative estimate of drug-likeness (QED) is 0.329. The lowest BCUT2D eigenvalue weighted by Crippen LogP contribution is -2.24. The summed E-state index contributed by atoms with van der Waals surface area (Å²) in [4.78, 5) is 23.1. The molecule has 0 aliphatic heterocycles. The van der Waals surface area contributed by atoms with Crippen molar-refractivity contribution in [1.82, 2.24) is 0 Å². The van der Waals surface area contributed by atoms with Crippen molar-refractivity contribution in [2.75, 3.05) is 6.54 Å². The van der Waals surface area contributed by atoms with Crippen LogP contribution in [0.15, 0.2) is 0 Å². The first-order valence-corrected chi connectivity index (χ1v) is 9.09. The van der Waals surface area contributed by atoms with E-state index in [4.69, 9.17) is 10.8 Å². The SMILES string of the molecule is CCCCCCCCCCCC(=O)C(CCCCN)C(=O)O. The van der Waals surface area contributed by atoms with Crippen molar-refractivity contribution < 1.29 is 14.7 Å². The van der Waals surface area contributed by atoms with Gasteiger partial charge in [-0.25, -0.2) is 0 Å². The molecule has 0 radical (unpaired) electrons. The van der Waals surface area contributed by atoms with Gasteiger partial charge in [0.2, 0.25) is 0 Å². The largest absolute Gasteiger partial charge is 0.481 e. The van der Waals surface area contributed by atoms with Crippen LogP contribution in [0, 0.1) is 5.92 Å². The molecule has 0 aliphatic carbocycles. The molecule has 0 fully saturated rings. The van der Waals surface area contributed by atoms with E-state index >= 15 is 0 Å². The van der Waals surface area contributed by atoms with Gasteiger partial charge < -0.3 is 10.8 Å². The maximum absolute atomic E-state index is 12.0. The average molecular weight is 313 g/mol. The number of carbonyl (C=O) groups is 2. The minimum Gasteiger partial charge on any atom is -0.481 e. The van der Waals surface area contributed by atoms with Gasteiger partial charge in [0, 0.05) is 6.42 Å². The van der Waals surface area contributed by atoms with Gasteiger partial charge in [0.15, 0.2) is 0 Å². The maximum atomic E-state index is 12.0. The lowest BCUT2D eigenvalue weighted by molar-refractivity contribution is -0.146. The Balaban J connectivity index is 3.65. The molecule has 0 aromatic heterocycles. The normalized spacial score (nSPS) is 12.3. The molecule has 4 nitrogen and oxygen atoms in total. The Bertz CT molecular complexity index is 292. The summed E-state index contributed by atoms with van der Waals surface area (Å²) in [7, 11) is 0. The van der Waals surface area contributed by atoms with Crippen LogP contribution in [0.5, 0.6) is 0 Å². The number of nitrogens with two attached hydrogens (primary N) is 1. The van der Waals surface area contributed by atoms with Crippen LogP contribution in [0.3, 0.4) is 0 Å². The number of hydrogen-bond acceptors (Lipinski definition) is 3. The number of carboxylic acid groups (broad SMARTS) is 1. The highest BCUT2D eigenvalue weighted by molar-refractivity contribution is 5.98. The van der Waals surface area contributed by atoms with E-state index in [1.54, 1.807) is 0 Å². The predicted molar refractivity (Wildman–Crippen MR) is 90.9 cm³/mol. The van der Waals surface area contributed by atoms with Gasteiger partial charge in [-0.1, -0.05) is 64.7 Å². The van der Waals surface area contributed by atoms with Gasteiger partial charge in [-0.05, 0) is 25.8 Å². The second-order valence-corrected chi connectivity index (χ2v) is 6.22. The highest BCUT2D eigenvalue weighted by Crippen LogP contribution is 2.16. The van der Waals surface area contributed by atoms with E-state index in [9.17, 15) is 9.59 Å². The molecule has 1 atom stereocenters. The molecule has 0 aromatic carbocycles. The van der Waals surface area contributed by atoms with E-state index in [0.717, 1.165) is 32.1 Å². The number of carbonyl (C=O) groups excluding carboxylic acids is 1. The number of ketones is 1. The van der Waals surface area contributed by atoms with Gasteiger partial charge in [-0.15, -0.1) is 0 Å². The van der Waals surface area contributed by atoms with E-state index in [1.165, 1.54) is 38.5 Å². The zero-order valence-corrected chi connectivity index (χ0v) is 14.3. The third-order valence-corrected chi connectivity index (χ3v) is 4.16. The van der Waals surface area contributed by atoms with Crippen molar-refractivity contribution in [2.24, 2.45) is 11.7 Å². The Morgan fingerprint density at radius 2 is 1.41 bits per heavy atom. The molecule has 0 heterocycles. The third kappa shape index (κ3) is 11.7. The van der Waals surface area contributed by atoms with Crippen molar-refractivity contribution in [1.29, 1.82) is 0 Å². The minimum atomic E-state index is -0.974. The standard InChI is InChI=1S/C18H35NO3/c1-2-3-4-5-6-7-8-9-10-14-17(20)16(18(21)22)13-11-12-15-19/h16H,2-15,19H2,1H3,(H,21,22). The molecule has 0 spiro atoms. The zero-order valence-electron chi connectivity index (χ0n) is 14.3. The molecular weight excluding hydrogens is 278 g/mol. The number of hydrogen-bond donors (Lipinski definition) is 2. The summed E-state index contributed by atoms with van der Waals surface area (Å²) in [6, 6.07) is 0. The van der Waals surface area contributed by atoms with Crippen molar-refractivity contribution in [3.63, 3.8) is 0 Å². The van der Waals surface area contributed by atoms with Crippen LogP contribution in [0.1, 0.15) is 90.4 Å². The fourth-order valence-electron chi connectivity index (χ4n) is 2.70. The lowest BCUT2D eigenvalue weighted by atomic mass is 9.93. The molecule has 0 saturated heterocycles. The van der Waals surface area contributed by atoms with Crippen molar-refractivity contribution in [2.45, 2.75) is 90.4 Å². The van der Waals surface area contributed by atoms with Gasteiger partial charge in [0.05, 0.1) is 0 Å². The van der Waals surface area contributed by atoms with Gasteiger partial charge in [0.1, 0.15) is 11.7 Å². The Hall–Kier alpha value is -0.900. The summed E-state index contributed by atoms with van der Waals surface area (Å²) >= 11 is 0. The van der Waals surface area contributed by atoms with Crippen LogP contribution in [0.2, 0.25) is 0 Å². The Morgan fingerprint density at radius 3 is 1.91 bits per heavy atom. The molecule has 0 saturated carbocycles. The zero-order chi connectivity index (χ0) is 16.6. The fourth-order valence-corrected chi connectivity index (χ4v) is 2.70. The van der Waals surface area contributed by atoms with E-state index in [-0.39, 0.29) is 5.78 Å². The van der Waals surface area contributed by atoms with E-state index < -0.39 is 11.9 Å². The van der Waals surface area contributed by atoms with Crippen LogP contribution in [0.4, 0.5) is 0 Å². The molecule has 0 bridgehead atoms. The summed E-state index contributed by atoms with van der Waals surface area (Å²) in [5.74, 6) is -1.90. The number of carboxylic acids is 1. The first kappa shape index (κ1) is 21.1. The second-order valence-electron chi connectivity index (χ2n) is 6.22. The average Bonchev–Trinajstić information content (AvgIpc) is 2.49. The number of unbranched alkanes of at least 4 members (excludes halogenated alkanes) is 9. The molecule has 4 heteroatoms. The van der Waals surface area contributed by atoms with Crippen LogP contribution >= 0.6 is 0 Å². The topological polar surface area (TPSA) is 80.4 Å². The van der Waals surface area contributed by atoms with Gasteiger partial charge in [-0.3, -0.25) is 9.59 Å². The first-order valence-electron chi connectivity index (χ1n) is 9.09. The van der Waals surface area contributed by atoms with Gasteiger partial charge in [-0.2, -0.15) is 0 Å². The highest BCUT2D eigenvalue weighted by Gasteiger charge is 2.24. The monoisotopic (exact) mass is 313 g/mol. The molecule has 0 amide bonds. The molecule has 22 heavy (non-hydrogen) atoms. The van der Waals surface area contributed by atoms with E-state index in [2.05, 4.69) is 6.92 Å². The van der Waals surface area contributed by atoms with E-state index in [1.807, 2.05) is 0 Å². The Labute approximate surface area is 135 Å². The molecule has 0 aliphatic rings. The summed E-state index contributed by atoms with van der Waals surface area (Å²) in [5, 5.41) is 9.13. The molecular formula is C18H35NO3. The second kappa shape index (κ2) is 15.0. The van der Waals surface area contributed by atoms with Crippen molar-refractivity contribution in [3.05, 3.63) is 0 Å². The molecule has 130 valence electrons. The van der Waals surface area contributed by atoms with Crippen LogP contribution in [-0.2, 0) is 9.59 Å². The first-order chi connectivity index (χ1) is 10.6. The van der Waals surface area contributed by atoms with Crippen LogP contribution in [-0.4, -0.2) is 23.4 Å². The number of aliphatic carboxylic acids is 1. The summed E-state index contributed by atoms with van der Waals surface area (Å²) in [5.41, 5.74) is 5.40. The van der Waals surface area contributed by atoms with Crippen LogP contribution in [0.25, 0.3) is 0 Å². The smallest absolute Gasteiger partial charge is 0.314 e. The number of rotatable bonds is 16. The van der Waals surface area contributed by atoms with Crippen molar-refractivity contribution >= 4 is 11.8 Å². The summed E-state index contributed by atoms with van der Waals surface area (Å²) in [6.07, 6.45) is 13.1. The molecule has 0 rings (SSSR count).